The average Bonchev–Trinajstić information content (AvgIpc) is 1.97. The summed E-state index contributed by atoms with van der Waals surface area (Å²) in [6.45, 7) is 0. The Morgan fingerprint density at radius 1 is 1.14 bits per heavy atom. The number of carboxylic acid groups (broad SMARTS) is 1. The van der Waals surface area contributed by atoms with Crippen molar-refractivity contribution in [2.75, 3.05) is 0 Å². The van der Waals surface area contributed by atoms with Crippen molar-refractivity contribution in [2.45, 2.75) is 0 Å². The van der Waals surface area contributed by atoms with Gasteiger partial charge in [0.2, 0.25) is 0 Å². The Balaban J connectivity index is 0. The minimum absolute atomic E-state index is 0. The van der Waals surface area contributed by atoms with Crippen LogP contribution in [0.1, 0.15) is 10.4 Å². The summed E-state index contributed by atoms with van der Waals surface area (Å²) in [7, 11) is 0. The Labute approximate surface area is 176 Å². The second-order valence-electron chi connectivity index (χ2n) is 2.06. The Morgan fingerprint density at radius 2 is 1.57 bits per heavy atom. The second-order valence-corrected chi connectivity index (χ2v) is 2.87. The van der Waals surface area contributed by atoms with Gasteiger partial charge in [-0.2, -0.15) is 0 Å². The first-order valence-corrected chi connectivity index (χ1v) is 3.70. The molecule has 1 rings (SSSR count). The summed E-state index contributed by atoms with van der Waals surface area (Å²) in [5.41, 5.74) is -0.371. The minimum atomic E-state index is -1.31. The molecular weight excluding hydrogens is 281 g/mol. The van der Waals surface area contributed by atoms with Crippen LogP contribution in [0.25, 0.3) is 0 Å². The predicted molar refractivity (Wildman–Crippen MR) is 59.4 cm³/mol. The molecule has 0 fully saturated rings. The first kappa shape index (κ1) is 18.7. The molecule has 0 heterocycles. The van der Waals surface area contributed by atoms with Gasteiger partial charge >= 0.3 is 109 Å². The molecule has 0 saturated carbocycles. The maximum atomic E-state index is 10.5. The van der Waals surface area contributed by atoms with E-state index in [0.717, 1.165) is 0 Å². The third-order valence-electron chi connectivity index (χ3n) is 1.29. The maximum absolute atomic E-state index is 10.5. The summed E-state index contributed by atoms with van der Waals surface area (Å²) in [6, 6.07) is 2.64. The molecule has 0 aliphatic carbocycles. The van der Waals surface area contributed by atoms with Crippen molar-refractivity contribution < 1.29 is 15.0 Å². The number of hydrogen-bond acceptors (Lipinski definition) is 2. The fourth-order valence-corrected chi connectivity index (χ4v) is 1.14. The van der Waals surface area contributed by atoms with Crippen molar-refractivity contribution in [2.24, 2.45) is 0 Å². The van der Waals surface area contributed by atoms with Crippen molar-refractivity contribution in [1.29, 1.82) is 0 Å². The molecule has 14 heavy (non-hydrogen) atoms. The fourth-order valence-electron chi connectivity index (χ4n) is 0.745. The van der Waals surface area contributed by atoms with Crippen LogP contribution in [-0.2, 0) is 0 Å². The van der Waals surface area contributed by atoms with Crippen LogP contribution in [0.4, 0.5) is 0 Å². The Kier molecular flexibility index (Phi) is 11.3. The fraction of sp³-hybridized carbons (Fsp3) is 0. The van der Waals surface area contributed by atoms with Crippen LogP contribution >= 0.6 is 23.2 Å². The first-order valence-electron chi connectivity index (χ1n) is 2.94. The summed E-state index contributed by atoms with van der Waals surface area (Å²) in [5.74, 6) is -1.81. The number of halogens is 2. The molecule has 1 aromatic rings. The Bertz CT molecular complexity index is 344. The molecule has 7 heteroatoms. The predicted octanol–water partition coefficient (Wildman–Crippen LogP) is 1.10. The zero-order chi connectivity index (χ0) is 9.30. The third-order valence-corrected chi connectivity index (χ3v) is 1.91. The van der Waals surface area contributed by atoms with E-state index in [9.17, 15) is 4.79 Å². The second kappa shape index (κ2) is 8.44. The molecule has 0 bridgehead atoms. The average molecular weight is 287 g/mol. The summed E-state index contributed by atoms with van der Waals surface area (Å²) in [4.78, 5) is 10.5. The zero-order valence-corrected chi connectivity index (χ0v) is 7.23. The van der Waals surface area contributed by atoms with Crippen molar-refractivity contribution >= 4 is 132 Å². The summed E-state index contributed by atoms with van der Waals surface area (Å²) in [5, 5.41) is 17.7. The quantitative estimate of drug-likeness (QED) is 0.761. The molecular formula is C7H6Cl2K2O3. The molecule has 0 spiro atoms. The van der Waals surface area contributed by atoms with E-state index in [0.29, 0.717) is 0 Å². The topological polar surface area (TPSA) is 57.5 Å². The van der Waals surface area contributed by atoms with E-state index >= 15 is 0 Å². The summed E-state index contributed by atoms with van der Waals surface area (Å²) < 4.78 is 0. The van der Waals surface area contributed by atoms with Crippen LogP contribution in [0.2, 0.25) is 10.0 Å². The Morgan fingerprint density at radius 3 is 1.93 bits per heavy atom. The van der Waals surface area contributed by atoms with Crippen molar-refractivity contribution in [1.82, 2.24) is 0 Å². The van der Waals surface area contributed by atoms with Gasteiger partial charge in [0, 0.05) is 0 Å². The molecule has 0 aromatic heterocycles. The van der Waals surface area contributed by atoms with Gasteiger partial charge < -0.3 is 10.2 Å². The zero-order valence-electron chi connectivity index (χ0n) is 5.71. The van der Waals surface area contributed by atoms with Gasteiger partial charge in [-0.25, -0.2) is 4.79 Å². The van der Waals surface area contributed by atoms with E-state index in [2.05, 4.69) is 0 Å². The van der Waals surface area contributed by atoms with Crippen molar-refractivity contribution in [3.05, 3.63) is 27.7 Å². The van der Waals surface area contributed by atoms with Gasteiger partial charge in [0.05, 0.1) is 10.0 Å². The van der Waals surface area contributed by atoms with Crippen LogP contribution in [0.3, 0.4) is 0 Å². The molecule has 68 valence electrons. The number of hydrogen-bond donors (Lipinski definition) is 2. The molecule has 0 radical (unpaired) electrons. The normalized spacial score (nSPS) is 8.43. The van der Waals surface area contributed by atoms with E-state index in [4.69, 9.17) is 33.4 Å². The number of carboxylic acids is 1. The number of aromatic carboxylic acids is 1. The van der Waals surface area contributed by atoms with Gasteiger partial charge in [-0.15, -0.1) is 0 Å². The molecule has 0 aliphatic rings. The van der Waals surface area contributed by atoms with Gasteiger partial charge in [0.15, 0.2) is 0 Å². The molecule has 0 amide bonds. The number of carbonyl (C=O) groups is 1. The molecule has 0 saturated heterocycles. The number of phenols is 1. The molecule has 2 N–H and O–H groups in total. The van der Waals surface area contributed by atoms with Gasteiger partial charge in [-0.3, -0.25) is 0 Å². The van der Waals surface area contributed by atoms with E-state index in [1.807, 2.05) is 0 Å². The van der Waals surface area contributed by atoms with Gasteiger partial charge in [-0.05, 0) is 12.1 Å². The molecule has 1 aromatic carbocycles. The molecule has 0 aliphatic heterocycles. The summed E-state index contributed by atoms with van der Waals surface area (Å²) in [6.07, 6.45) is 0. The number of rotatable bonds is 1. The number of benzene rings is 1. The van der Waals surface area contributed by atoms with Gasteiger partial charge in [-0.1, -0.05) is 23.2 Å². The van der Waals surface area contributed by atoms with E-state index in [1.165, 1.54) is 12.1 Å². The van der Waals surface area contributed by atoms with Crippen molar-refractivity contribution in [3.8, 4) is 5.75 Å². The van der Waals surface area contributed by atoms with Gasteiger partial charge in [0.1, 0.15) is 11.3 Å². The van der Waals surface area contributed by atoms with Crippen LogP contribution in [-0.4, -0.2) is 119 Å². The summed E-state index contributed by atoms with van der Waals surface area (Å²) >= 11 is 11.0. The third kappa shape index (κ3) is 4.69. The monoisotopic (exact) mass is 286 g/mol. The van der Waals surface area contributed by atoms with E-state index in [1.54, 1.807) is 0 Å². The van der Waals surface area contributed by atoms with Crippen LogP contribution in [0, 0.1) is 0 Å². The van der Waals surface area contributed by atoms with Gasteiger partial charge in [0.25, 0.3) is 0 Å². The van der Waals surface area contributed by atoms with Crippen LogP contribution < -0.4 is 0 Å². The van der Waals surface area contributed by atoms with Crippen LogP contribution in [0.15, 0.2) is 12.1 Å². The van der Waals surface area contributed by atoms with Crippen LogP contribution in [0.5, 0.6) is 5.75 Å². The Hall–Kier alpha value is 2.34. The van der Waals surface area contributed by atoms with E-state index in [-0.39, 0.29) is 118 Å². The standard InChI is InChI=1S/C7H4Cl2O3.2K.2H/c8-3-1-2-4(9)6(10)5(3)7(11)12;;;;/h1-2,10H,(H,11,12);;;;. The van der Waals surface area contributed by atoms with E-state index < -0.39 is 11.7 Å². The molecule has 0 unspecified atom stereocenters. The SMILES string of the molecule is O=C(O)c1c(Cl)ccc(Cl)c1O.[KH].[KH]. The van der Waals surface area contributed by atoms with Crippen molar-refractivity contribution in [3.63, 3.8) is 0 Å². The first-order chi connectivity index (χ1) is 5.54. The molecule has 3 nitrogen and oxygen atoms in total. The number of aromatic hydroxyl groups is 1. The molecule has 0 atom stereocenters.